The van der Waals surface area contributed by atoms with Gasteiger partial charge in [0.25, 0.3) is 5.69 Å². The Balaban J connectivity index is 1.90. The van der Waals surface area contributed by atoms with Crippen molar-refractivity contribution in [2.45, 2.75) is 13.2 Å². The molecule has 6 nitrogen and oxygen atoms in total. The number of ether oxygens (including phenoxy) is 2. The molecular weight excluding hydrogens is 404 g/mol. The standard InChI is InChI=1S/C17H10F4N2O4S/c18-16(19)26-11-4-1-9(13(8-11)27-17(20)21)2-6-15-22-12-7-10(23(24)25)3-5-14(12)28-15/h1-8,16-17H/b6-2+. The van der Waals surface area contributed by atoms with Gasteiger partial charge in [-0.1, -0.05) is 0 Å². The molecule has 2 aromatic carbocycles. The number of thiazole rings is 1. The maximum absolute atomic E-state index is 12.6. The van der Waals surface area contributed by atoms with Crippen LogP contribution in [0.1, 0.15) is 10.6 Å². The summed E-state index contributed by atoms with van der Waals surface area (Å²) in [5.41, 5.74) is 0.506. The van der Waals surface area contributed by atoms with Crippen molar-refractivity contribution < 1.29 is 32.0 Å². The van der Waals surface area contributed by atoms with E-state index in [2.05, 4.69) is 14.5 Å². The molecule has 146 valence electrons. The highest BCUT2D eigenvalue weighted by atomic mass is 32.1. The fraction of sp³-hybridized carbons (Fsp3) is 0.118. The van der Waals surface area contributed by atoms with Crippen molar-refractivity contribution in [3.63, 3.8) is 0 Å². The zero-order chi connectivity index (χ0) is 20.3. The highest BCUT2D eigenvalue weighted by molar-refractivity contribution is 7.19. The van der Waals surface area contributed by atoms with Crippen molar-refractivity contribution in [2.75, 3.05) is 0 Å². The lowest BCUT2D eigenvalue weighted by atomic mass is 10.2. The number of halogens is 4. The van der Waals surface area contributed by atoms with Gasteiger partial charge in [0.2, 0.25) is 0 Å². The van der Waals surface area contributed by atoms with E-state index in [-0.39, 0.29) is 22.7 Å². The second-order valence-electron chi connectivity index (χ2n) is 5.25. The SMILES string of the molecule is O=[N+]([O-])c1ccc2sc(/C=C/c3ccc(OC(F)F)cc3OC(F)F)nc2c1. The summed E-state index contributed by atoms with van der Waals surface area (Å²) in [5.74, 6) is -0.670. The molecule has 0 radical (unpaired) electrons. The Morgan fingerprint density at radius 2 is 1.79 bits per heavy atom. The van der Waals surface area contributed by atoms with Gasteiger partial charge < -0.3 is 9.47 Å². The molecule has 0 amide bonds. The number of rotatable bonds is 7. The molecule has 3 rings (SSSR count). The number of hydrogen-bond donors (Lipinski definition) is 0. The lowest BCUT2D eigenvalue weighted by Gasteiger charge is -2.11. The summed E-state index contributed by atoms with van der Waals surface area (Å²) < 4.78 is 59.0. The summed E-state index contributed by atoms with van der Waals surface area (Å²) in [6.07, 6.45) is 2.91. The molecule has 0 unspecified atom stereocenters. The summed E-state index contributed by atoms with van der Waals surface area (Å²) in [6, 6.07) is 7.63. The molecule has 0 saturated heterocycles. The van der Waals surface area contributed by atoms with Gasteiger partial charge in [-0.15, -0.1) is 11.3 Å². The molecule has 0 N–H and O–H groups in total. The molecule has 0 aliphatic carbocycles. The van der Waals surface area contributed by atoms with Gasteiger partial charge in [0.05, 0.1) is 15.1 Å². The van der Waals surface area contributed by atoms with Crippen LogP contribution in [0.4, 0.5) is 23.2 Å². The molecule has 0 aliphatic heterocycles. The quantitative estimate of drug-likeness (QED) is 0.287. The molecule has 0 atom stereocenters. The predicted molar refractivity (Wildman–Crippen MR) is 94.9 cm³/mol. The summed E-state index contributed by atoms with van der Waals surface area (Å²) in [7, 11) is 0. The summed E-state index contributed by atoms with van der Waals surface area (Å²) in [6.45, 7) is -6.26. The van der Waals surface area contributed by atoms with Crippen LogP contribution < -0.4 is 9.47 Å². The molecule has 1 aromatic heterocycles. The van der Waals surface area contributed by atoms with E-state index in [1.807, 2.05) is 0 Å². The van der Waals surface area contributed by atoms with Crippen LogP contribution in [0, 0.1) is 10.1 Å². The first-order chi connectivity index (χ1) is 13.3. The van der Waals surface area contributed by atoms with E-state index < -0.39 is 18.1 Å². The van der Waals surface area contributed by atoms with Crippen LogP contribution in [0.5, 0.6) is 11.5 Å². The van der Waals surface area contributed by atoms with Gasteiger partial charge in [-0.05, 0) is 30.4 Å². The van der Waals surface area contributed by atoms with E-state index in [1.165, 1.54) is 47.8 Å². The van der Waals surface area contributed by atoms with Crippen molar-refractivity contribution >= 4 is 39.4 Å². The van der Waals surface area contributed by atoms with Crippen molar-refractivity contribution in [3.8, 4) is 11.5 Å². The number of alkyl halides is 4. The second-order valence-corrected chi connectivity index (χ2v) is 6.31. The summed E-state index contributed by atoms with van der Waals surface area (Å²) >= 11 is 1.23. The summed E-state index contributed by atoms with van der Waals surface area (Å²) in [4.78, 5) is 14.5. The number of nitrogens with zero attached hydrogens (tertiary/aromatic N) is 2. The maximum Gasteiger partial charge on any atom is 0.387 e. The Bertz CT molecular complexity index is 1040. The van der Waals surface area contributed by atoms with Gasteiger partial charge in [0.1, 0.15) is 16.5 Å². The van der Waals surface area contributed by atoms with Gasteiger partial charge in [0, 0.05) is 23.8 Å². The molecule has 1 heterocycles. The fourth-order valence-electron chi connectivity index (χ4n) is 2.31. The Hall–Kier alpha value is -3.21. The average Bonchev–Trinajstić information content (AvgIpc) is 3.02. The van der Waals surface area contributed by atoms with Crippen LogP contribution in [0.15, 0.2) is 36.4 Å². The van der Waals surface area contributed by atoms with E-state index >= 15 is 0 Å². The number of hydrogen-bond acceptors (Lipinski definition) is 6. The van der Waals surface area contributed by atoms with E-state index in [0.29, 0.717) is 15.2 Å². The normalized spacial score (nSPS) is 11.6. The third-order valence-corrected chi connectivity index (χ3v) is 4.43. The van der Waals surface area contributed by atoms with Crippen molar-refractivity contribution in [1.82, 2.24) is 4.98 Å². The number of nitro benzene ring substituents is 1. The molecule has 0 saturated carbocycles. The van der Waals surface area contributed by atoms with Gasteiger partial charge >= 0.3 is 13.2 Å². The minimum absolute atomic E-state index is 0.101. The molecule has 3 aromatic rings. The smallest absolute Gasteiger partial charge is 0.387 e. The number of fused-ring (bicyclic) bond motifs is 1. The Kier molecular flexibility index (Phi) is 5.73. The van der Waals surface area contributed by atoms with Crippen LogP contribution in [-0.2, 0) is 0 Å². The summed E-state index contributed by atoms with van der Waals surface area (Å²) in [5, 5.41) is 11.3. The van der Waals surface area contributed by atoms with Crippen molar-refractivity contribution in [2.24, 2.45) is 0 Å². The minimum atomic E-state index is -3.16. The first-order valence-electron chi connectivity index (χ1n) is 7.58. The lowest BCUT2D eigenvalue weighted by molar-refractivity contribution is -0.384. The highest BCUT2D eigenvalue weighted by Crippen LogP contribution is 2.31. The van der Waals surface area contributed by atoms with Crippen LogP contribution in [0.2, 0.25) is 0 Å². The van der Waals surface area contributed by atoms with Gasteiger partial charge in [-0.3, -0.25) is 10.1 Å². The predicted octanol–water partition coefficient (Wildman–Crippen LogP) is 5.58. The molecule has 0 fully saturated rings. The fourth-order valence-corrected chi connectivity index (χ4v) is 3.16. The Labute approximate surface area is 158 Å². The van der Waals surface area contributed by atoms with E-state index in [0.717, 1.165) is 6.07 Å². The maximum atomic E-state index is 12.6. The van der Waals surface area contributed by atoms with Crippen LogP contribution in [0.25, 0.3) is 22.4 Å². The lowest BCUT2D eigenvalue weighted by Crippen LogP contribution is -2.05. The Morgan fingerprint density at radius 3 is 2.46 bits per heavy atom. The zero-order valence-corrected chi connectivity index (χ0v) is 14.5. The average molecular weight is 414 g/mol. The van der Waals surface area contributed by atoms with Gasteiger partial charge in [0.15, 0.2) is 0 Å². The van der Waals surface area contributed by atoms with Gasteiger partial charge in [-0.25, -0.2) is 4.98 Å². The zero-order valence-electron chi connectivity index (χ0n) is 13.7. The molecular formula is C17H10F4N2O4S. The van der Waals surface area contributed by atoms with E-state index in [9.17, 15) is 27.7 Å². The van der Waals surface area contributed by atoms with Crippen LogP contribution in [0.3, 0.4) is 0 Å². The third-order valence-electron chi connectivity index (χ3n) is 3.43. The van der Waals surface area contributed by atoms with E-state index in [4.69, 9.17) is 0 Å². The van der Waals surface area contributed by atoms with Crippen LogP contribution >= 0.6 is 11.3 Å². The minimum Gasteiger partial charge on any atom is -0.435 e. The molecule has 28 heavy (non-hydrogen) atoms. The van der Waals surface area contributed by atoms with Gasteiger partial charge in [-0.2, -0.15) is 17.6 Å². The van der Waals surface area contributed by atoms with Crippen LogP contribution in [-0.4, -0.2) is 23.1 Å². The van der Waals surface area contributed by atoms with Crippen molar-refractivity contribution in [3.05, 3.63) is 57.1 Å². The monoisotopic (exact) mass is 414 g/mol. The first kappa shape index (κ1) is 19.5. The number of non-ortho nitro benzene ring substituents is 1. The molecule has 0 bridgehead atoms. The first-order valence-corrected chi connectivity index (χ1v) is 8.40. The van der Waals surface area contributed by atoms with Crippen molar-refractivity contribution in [1.29, 1.82) is 0 Å². The number of benzene rings is 2. The molecule has 11 heteroatoms. The molecule has 0 aliphatic rings. The largest absolute Gasteiger partial charge is 0.435 e. The molecule has 0 spiro atoms. The number of nitro groups is 1. The topological polar surface area (TPSA) is 74.5 Å². The number of aromatic nitrogens is 1. The van der Waals surface area contributed by atoms with E-state index in [1.54, 1.807) is 6.07 Å². The second kappa shape index (κ2) is 8.21. The highest BCUT2D eigenvalue weighted by Gasteiger charge is 2.13. The Morgan fingerprint density at radius 1 is 1.04 bits per heavy atom. The third kappa shape index (κ3) is 4.74.